The molecule has 192 valence electrons. The molecular formula is C29H33N5O3. The van der Waals surface area contributed by atoms with Gasteiger partial charge in [-0.2, -0.15) is 0 Å². The quantitative estimate of drug-likeness (QED) is 0.473. The topological polar surface area (TPSA) is 78.0 Å². The molecule has 5 rings (SSSR count). The summed E-state index contributed by atoms with van der Waals surface area (Å²) in [5.74, 6) is -0.281. The van der Waals surface area contributed by atoms with Gasteiger partial charge in [-0.25, -0.2) is 9.78 Å². The average Bonchev–Trinajstić information content (AvgIpc) is 3.48. The minimum Gasteiger partial charge on any atom is -0.452 e. The molecule has 0 saturated carbocycles. The summed E-state index contributed by atoms with van der Waals surface area (Å²) in [6.07, 6.45) is 3.83. The van der Waals surface area contributed by atoms with E-state index in [0.29, 0.717) is 17.1 Å². The first-order valence-corrected chi connectivity index (χ1v) is 12.9. The lowest BCUT2D eigenvalue weighted by Crippen LogP contribution is -2.45. The second kappa shape index (κ2) is 11.9. The standard InChI is InChI=1S/C29H33N5O3/c35-27(22-37-29(36)26-9-6-14-30-28(26)34-15-4-5-16-34)31-24-10-12-25(13-11-24)33-19-17-32(18-20-33)21-23-7-2-1-3-8-23/h1-3,6-14H,4-5,15-22H2,(H,31,35). The number of carbonyl (C=O) groups excluding carboxylic acids is 2. The monoisotopic (exact) mass is 499 g/mol. The molecule has 2 fully saturated rings. The van der Waals surface area contributed by atoms with Gasteiger partial charge < -0.3 is 19.9 Å². The molecule has 1 N–H and O–H groups in total. The van der Waals surface area contributed by atoms with Crippen LogP contribution in [-0.4, -0.2) is 67.6 Å². The van der Waals surface area contributed by atoms with Crippen molar-refractivity contribution in [2.45, 2.75) is 19.4 Å². The fourth-order valence-corrected chi connectivity index (χ4v) is 4.90. The molecule has 2 aliphatic heterocycles. The number of hydrogen-bond donors (Lipinski definition) is 1. The molecule has 0 aliphatic carbocycles. The van der Waals surface area contributed by atoms with Crippen LogP contribution in [-0.2, 0) is 16.1 Å². The molecule has 3 heterocycles. The molecule has 1 aromatic heterocycles. The van der Waals surface area contributed by atoms with Crippen molar-refractivity contribution in [3.05, 3.63) is 84.1 Å². The van der Waals surface area contributed by atoms with E-state index in [0.717, 1.165) is 64.3 Å². The summed E-state index contributed by atoms with van der Waals surface area (Å²) in [6.45, 7) is 6.31. The number of rotatable bonds is 8. The van der Waals surface area contributed by atoms with Gasteiger partial charge >= 0.3 is 5.97 Å². The number of amides is 1. The fraction of sp³-hybridized carbons (Fsp3) is 0.345. The van der Waals surface area contributed by atoms with Gasteiger partial charge in [-0.1, -0.05) is 30.3 Å². The Hall–Kier alpha value is -3.91. The molecule has 0 bridgehead atoms. The Morgan fingerprint density at radius 2 is 1.54 bits per heavy atom. The number of benzene rings is 2. The number of piperazine rings is 1. The molecule has 0 unspecified atom stereocenters. The van der Waals surface area contributed by atoms with Crippen LogP contribution in [0.3, 0.4) is 0 Å². The third-order valence-corrected chi connectivity index (χ3v) is 6.88. The Kier molecular flexibility index (Phi) is 7.96. The van der Waals surface area contributed by atoms with Gasteiger partial charge in [-0.15, -0.1) is 0 Å². The number of pyridine rings is 1. The minimum atomic E-state index is -0.535. The summed E-state index contributed by atoms with van der Waals surface area (Å²) >= 11 is 0. The zero-order chi connectivity index (χ0) is 25.5. The highest BCUT2D eigenvalue weighted by atomic mass is 16.5. The Balaban J connectivity index is 1.08. The van der Waals surface area contributed by atoms with Crippen LogP contribution in [0, 0.1) is 0 Å². The number of hydrogen-bond acceptors (Lipinski definition) is 7. The maximum absolute atomic E-state index is 12.6. The predicted molar refractivity (Wildman–Crippen MR) is 145 cm³/mol. The van der Waals surface area contributed by atoms with Crippen molar-refractivity contribution in [3.63, 3.8) is 0 Å². The number of ether oxygens (including phenoxy) is 1. The van der Waals surface area contributed by atoms with Gasteiger partial charge in [0.1, 0.15) is 11.4 Å². The fourth-order valence-electron chi connectivity index (χ4n) is 4.90. The van der Waals surface area contributed by atoms with Crippen LogP contribution in [0.5, 0.6) is 0 Å². The van der Waals surface area contributed by atoms with Crippen LogP contribution in [0.25, 0.3) is 0 Å². The number of carbonyl (C=O) groups is 2. The van der Waals surface area contributed by atoms with Gasteiger partial charge in [0.25, 0.3) is 5.91 Å². The summed E-state index contributed by atoms with van der Waals surface area (Å²) in [4.78, 5) is 36.4. The average molecular weight is 500 g/mol. The lowest BCUT2D eigenvalue weighted by Gasteiger charge is -2.36. The predicted octanol–water partition coefficient (Wildman–Crippen LogP) is 3.80. The minimum absolute atomic E-state index is 0.349. The Morgan fingerprint density at radius 1 is 0.811 bits per heavy atom. The van der Waals surface area contributed by atoms with E-state index in [1.807, 2.05) is 30.3 Å². The van der Waals surface area contributed by atoms with E-state index in [-0.39, 0.29) is 12.5 Å². The van der Waals surface area contributed by atoms with E-state index in [1.54, 1.807) is 18.3 Å². The highest BCUT2D eigenvalue weighted by Crippen LogP contribution is 2.23. The van der Waals surface area contributed by atoms with Gasteiger partial charge in [-0.3, -0.25) is 9.69 Å². The van der Waals surface area contributed by atoms with Crippen molar-refractivity contribution in [3.8, 4) is 0 Å². The third kappa shape index (κ3) is 6.46. The largest absolute Gasteiger partial charge is 0.452 e. The van der Waals surface area contributed by atoms with Crippen LogP contribution in [0.1, 0.15) is 28.8 Å². The number of anilines is 3. The lowest BCUT2D eigenvalue weighted by molar-refractivity contribution is -0.119. The Bertz CT molecular complexity index is 1190. The SMILES string of the molecule is O=C(COC(=O)c1cccnc1N1CCCC1)Nc1ccc(N2CCN(Cc3ccccc3)CC2)cc1. The Labute approximate surface area is 217 Å². The van der Waals surface area contributed by atoms with Crippen molar-refractivity contribution in [2.24, 2.45) is 0 Å². The molecule has 8 nitrogen and oxygen atoms in total. The first kappa shape index (κ1) is 24.8. The highest BCUT2D eigenvalue weighted by Gasteiger charge is 2.22. The first-order chi connectivity index (χ1) is 18.2. The van der Waals surface area contributed by atoms with E-state index < -0.39 is 5.97 Å². The van der Waals surface area contributed by atoms with Gasteiger partial charge in [0.2, 0.25) is 0 Å². The van der Waals surface area contributed by atoms with E-state index in [2.05, 4.69) is 49.3 Å². The summed E-state index contributed by atoms with van der Waals surface area (Å²) < 4.78 is 5.30. The lowest BCUT2D eigenvalue weighted by atomic mass is 10.2. The molecular weight excluding hydrogens is 466 g/mol. The third-order valence-electron chi connectivity index (χ3n) is 6.88. The molecule has 2 aromatic carbocycles. The molecule has 3 aromatic rings. The van der Waals surface area contributed by atoms with Crippen LogP contribution in [0.4, 0.5) is 17.2 Å². The highest BCUT2D eigenvalue weighted by molar-refractivity contribution is 5.98. The second-order valence-electron chi connectivity index (χ2n) is 9.49. The van der Waals surface area contributed by atoms with Crippen molar-refractivity contribution >= 4 is 29.1 Å². The zero-order valence-electron chi connectivity index (χ0n) is 21.0. The molecule has 2 aliphatic rings. The van der Waals surface area contributed by atoms with Crippen molar-refractivity contribution in [2.75, 3.05) is 61.0 Å². The smallest absolute Gasteiger partial charge is 0.342 e. The molecule has 1 amide bonds. The normalized spacial score (nSPS) is 16.0. The van der Waals surface area contributed by atoms with Gasteiger partial charge in [-0.05, 0) is 54.8 Å². The van der Waals surface area contributed by atoms with Crippen LogP contribution in [0.15, 0.2) is 72.9 Å². The number of esters is 1. The van der Waals surface area contributed by atoms with Crippen molar-refractivity contribution < 1.29 is 14.3 Å². The van der Waals surface area contributed by atoms with Gasteiger partial charge in [0, 0.05) is 63.4 Å². The summed E-state index contributed by atoms with van der Waals surface area (Å²) in [5, 5.41) is 2.81. The zero-order valence-corrected chi connectivity index (χ0v) is 21.0. The van der Waals surface area contributed by atoms with E-state index in [9.17, 15) is 9.59 Å². The molecule has 8 heteroatoms. The number of aromatic nitrogens is 1. The van der Waals surface area contributed by atoms with E-state index in [1.165, 1.54) is 5.56 Å². The van der Waals surface area contributed by atoms with Gasteiger partial charge in [0.05, 0.1) is 0 Å². The maximum atomic E-state index is 12.6. The molecule has 37 heavy (non-hydrogen) atoms. The van der Waals surface area contributed by atoms with Crippen LogP contribution < -0.4 is 15.1 Å². The summed E-state index contributed by atoms with van der Waals surface area (Å²) in [7, 11) is 0. The molecule has 0 radical (unpaired) electrons. The summed E-state index contributed by atoms with van der Waals surface area (Å²) in [6, 6.07) is 21.8. The number of nitrogens with one attached hydrogen (secondary N) is 1. The Morgan fingerprint density at radius 3 is 2.27 bits per heavy atom. The van der Waals surface area contributed by atoms with E-state index in [4.69, 9.17) is 4.74 Å². The molecule has 0 spiro atoms. The number of nitrogens with zero attached hydrogens (tertiary/aromatic N) is 4. The van der Waals surface area contributed by atoms with Crippen LogP contribution in [0.2, 0.25) is 0 Å². The second-order valence-corrected chi connectivity index (χ2v) is 9.49. The van der Waals surface area contributed by atoms with E-state index >= 15 is 0 Å². The first-order valence-electron chi connectivity index (χ1n) is 12.9. The molecule has 0 atom stereocenters. The maximum Gasteiger partial charge on any atom is 0.342 e. The van der Waals surface area contributed by atoms with Crippen LogP contribution >= 0.6 is 0 Å². The summed E-state index contributed by atoms with van der Waals surface area (Å²) in [5.41, 5.74) is 3.54. The molecule has 2 saturated heterocycles. The van der Waals surface area contributed by atoms with Crippen molar-refractivity contribution in [1.82, 2.24) is 9.88 Å². The van der Waals surface area contributed by atoms with Gasteiger partial charge in [0.15, 0.2) is 6.61 Å². The van der Waals surface area contributed by atoms with Crippen molar-refractivity contribution in [1.29, 1.82) is 0 Å².